The summed E-state index contributed by atoms with van der Waals surface area (Å²) in [4.78, 5) is 8.60. The van der Waals surface area contributed by atoms with Gasteiger partial charge in [0.1, 0.15) is 12.1 Å². The predicted octanol–water partition coefficient (Wildman–Crippen LogP) is 4.83. The third-order valence-electron chi connectivity index (χ3n) is 5.10. The number of methoxy groups -OCH3 is 1. The summed E-state index contributed by atoms with van der Waals surface area (Å²) in [5, 5.41) is 3.51. The zero-order valence-electron chi connectivity index (χ0n) is 16.6. The number of rotatable bonds is 6. The lowest BCUT2D eigenvalue weighted by molar-refractivity contribution is 0.412. The van der Waals surface area contributed by atoms with Gasteiger partial charge in [0, 0.05) is 30.3 Å². The lowest BCUT2D eigenvalue weighted by Crippen LogP contribution is -2.02. The number of para-hydroxylation sites is 2. The lowest BCUT2D eigenvalue weighted by atomic mass is 10.1. The minimum Gasteiger partial charge on any atom is -0.495 e. The summed E-state index contributed by atoms with van der Waals surface area (Å²) in [5.41, 5.74) is 6.29. The Labute approximate surface area is 174 Å². The smallest absolute Gasteiger partial charge is 0.143 e. The molecule has 0 aliphatic rings. The number of nitrogens with one attached hydrogen (secondary N) is 1. The molecule has 1 N–H and O–H groups in total. The fraction of sp³-hybridized carbons (Fsp3) is 0.0833. The van der Waals surface area contributed by atoms with Crippen LogP contribution in [0.5, 0.6) is 5.75 Å². The van der Waals surface area contributed by atoms with Crippen LogP contribution in [0.3, 0.4) is 0 Å². The summed E-state index contributed by atoms with van der Waals surface area (Å²) in [6.45, 7) is 0.689. The summed E-state index contributed by atoms with van der Waals surface area (Å²) in [6.07, 6.45) is 7.29. The van der Waals surface area contributed by atoms with E-state index in [-0.39, 0.29) is 0 Å². The normalized spacial score (nSPS) is 11.0. The highest BCUT2D eigenvalue weighted by Crippen LogP contribution is 2.25. The molecule has 2 heterocycles. The zero-order chi connectivity index (χ0) is 20.3. The summed E-state index contributed by atoms with van der Waals surface area (Å²) >= 11 is 0. The molecule has 148 valence electrons. The first-order chi connectivity index (χ1) is 14.8. The standard InChI is InChI=1S/C24H21N5O/c1-30-24-13-18(9-10-23(24)28-12-11-25-16-28)15-26-19-5-4-6-20(14-19)29-17-27-21-7-2-3-8-22(21)29/h2-14,16-17,26H,15H2,1H3. The van der Waals surface area contributed by atoms with Crippen LogP contribution in [-0.2, 0) is 6.54 Å². The average molecular weight is 395 g/mol. The van der Waals surface area contributed by atoms with E-state index in [1.54, 1.807) is 19.6 Å². The number of nitrogens with zero attached hydrogens (tertiary/aromatic N) is 4. The van der Waals surface area contributed by atoms with Gasteiger partial charge in [-0.05, 0) is 48.0 Å². The van der Waals surface area contributed by atoms with E-state index in [4.69, 9.17) is 4.74 Å². The number of imidazole rings is 2. The fourth-order valence-electron chi connectivity index (χ4n) is 3.58. The molecule has 0 amide bonds. The first kappa shape index (κ1) is 18.0. The van der Waals surface area contributed by atoms with Crippen LogP contribution in [0.4, 0.5) is 5.69 Å². The molecular weight excluding hydrogens is 374 g/mol. The van der Waals surface area contributed by atoms with Crippen molar-refractivity contribution in [2.24, 2.45) is 0 Å². The maximum atomic E-state index is 5.58. The van der Waals surface area contributed by atoms with Crippen molar-refractivity contribution in [3.8, 4) is 17.1 Å². The SMILES string of the molecule is COc1cc(CNc2cccc(-n3cnc4ccccc43)c2)ccc1-n1ccnc1. The van der Waals surface area contributed by atoms with Gasteiger partial charge < -0.3 is 14.6 Å². The van der Waals surface area contributed by atoms with E-state index in [9.17, 15) is 0 Å². The van der Waals surface area contributed by atoms with E-state index < -0.39 is 0 Å². The Kier molecular flexibility index (Phi) is 4.65. The number of anilines is 1. The van der Waals surface area contributed by atoms with Gasteiger partial charge in [0.2, 0.25) is 0 Å². The number of aromatic nitrogens is 4. The Balaban J connectivity index is 1.36. The molecule has 0 spiro atoms. The van der Waals surface area contributed by atoms with Gasteiger partial charge in [0.25, 0.3) is 0 Å². The molecular formula is C24H21N5O. The number of hydrogen-bond donors (Lipinski definition) is 1. The quantitative estimate of drug-likeness (QED) is 0.447. The third kappa shape index (κ3) is 3.39. The zero-order valence-corrected chi connectivity index (χ0v) is 16.6. The van der Waals surface area contributed by atoms with Crippen LogP contribution in [0.2, 0.25) is 0 Å². The van der Waals surface area contributed by atoms with Crippen LogP contribution in [0.15, 0.2) is 91.8 Å². The molecule has 6 nitrogen and oxygen atoms in total. The van der Waals surface area contributed by atoms with Crippen molar-refractivity contribution >= 4 is 16.7 Å². The summed E-state index contributed by atoms with van der Waals surface area (Å²) in [7, 11) is 1.69. The minimum atomic E-state index is 0.689. The van der Waals surface area contributed by atoms with Gasteiger partial charge in [-0.25, -0.2) is 9.97 Å². The predicted molar refractivity (Wildman–Crippen MR) is 119 cm³/mol. The van der Waals surface area contributed by atoms with E-state index in [1.165, 1.54) is 0 Å². The van der Waals surface area contributed by atoms with Crippen LogP contribution in [-0.4, -0.2) is 26.2 Å². The van der Waals surface area contributed by atoms with E-state index >= 15 is 0 Å². The monoisotopic (exact) mass is 395 g/mol. The number of fused-ring (bicyclic) bond motifs is 1. The second kappa shape index (κ2) is 7.75. The van der Waals surface area contributed by atoms with Crippen LogP contribution in [0.1, 0.15) is 5.56 Å². The molecule has 0 bridgehead atoms. The number of hydrogen-bond acceptors (Lipinski definition) is 4. The maximum absolute atomic E-state index is 5.58. The maximum Gasteiger partial charge on any atom is 0.143 e. The molecule has 3 aromatic carbocycles. The van der Waals surface area contributed by atoms with Gasteiger partial charge in [0.15, 0.2) is 0 Å². The van der Waals surface area contributed by atoms with E-state index in [1.807, 2.05) is 41.4 Å². The molecule has 0 saturated heterocycles. The van der Waals surface area contributed by atoms with Crippen molar-refractivity contribution in [2.75, 3.05) is 12.4 Å². The van der Waals surface area contributed by atoms with Gasteiger partial charge in [0.05, 0.1) is 30.2 Å². The fourth-order valence-corrected chi connectivity index (χ4v) is 3.58. The van der Waals surface area contributed by atoms with Crippen LogP contribution in [0, 0.1) is 0 Å². The number of ether oxygens (including phenoxy) is 1. The molecule has 0 radical (unpaired) electrons. The third-order valence-corrected chi connectivity index (χ3v) is 5.10. The van der Waals surface area contributed by atoms with Crippen LogP contribution in [0.25, 0.3) is 22.4 Å². The molecule has 5 aromatic rings. The first-order valence-electron chi connectivity index (χ1n) is 9.73. The van der Waals surface area contributed by atoms with Crippen LogP contribution < -0.4 is 10.1 Å². The summed E-state index contributed by atoms with van der Waals surface area (Å²) in [5.74, 6) is 0.811. The Hall–Kier alpha value is -4.06. The van der Waals surface area contributed by atoms with Crippen molar-refractivity contribution in [3.63, 3.8) is 0 Å². The highest BCUT2D eigenvalue weighted by atomic mass is 16.5. The second-order valence-electron chi connectivity index (χ2n) is 6.98. The van der Waals surface area contributed by atoms with Crippen LogP contribution >= 0.6 is 0 Å². The molecule has 2 aromatic heterocycles. The largest absolute Gasteiger partial charge is 0.495 e. The topological polar surface area (TPSA) is 56.9 Å². The molecule has 0 aliphatic carbocycles. The minimum absolute atomic E-state index is 0.689. The molecule has 0 unspecified atom stereocenters. The van der Waals surface area contributed by atoms with E-state index in [0.717, 1.165) is 39.4 Å². The summed E-state index contributed by atoms with van der Waals surface area (Å²) < 4.78 is 9.62. The van der Waals surface area contributed by atoms with Crippen molar-refractivity contribution in [2.45, 2.75) is 6.54 Å². The van der Waals surface area contributed by atoms with Gasteiger partial charge in [-0.3, -0.25) is 4.57 Å². The molecule has 0 aliphatic heterocycles. The molecule has 30 heavy (non-hydrogen) atoms. The van der Waals surface area contributed by atoms with Gasteiger partial charge in [-0.1, -0.05) is 24.3 Å². The Morgan fingerprint density at radius 2 is 1.90 bits per heavy atom. The van der Waals surface area contributed by atoms with Gasteiger partial charge >= 0.3 is 0 Å². The van der Waals surface area contributed by atoms with Crippen molar-refractivity contribution < 1.29 is 4.74 Å². The first-order valence-corrected chi connectivity index (χ1v) is 9.73. The van der Waals surface area contributed by atoms with E-state index in [2.05, 4.69) is 62.3 Å². The Morgan fingerprint density at radius 1 is 0.967 bits per heavy atom. The lowest BCUT2D eigenvalue weighted by Gasteiger charge is -2.13. The average Bonchev–Trinajstić information content (AvgIpc) is 3.48. The highest BCUT2D eigenvalue weighted by molar-refractivity contribution is 5.77. The van der Waals surface area contributed by atoms with Gasteiger partial charge in [-0.15, -0.1) is 0 Å². The molecule has 5 rings (SSSR count). The van der Waals surface area contributed by atoms with Gasteiger partial charge in [-0.2, -0.15) is 0 Å². The Morgan fingerprint density at radius 3 is 2.77 bits per heavy atom. The molecule has 6 heteroatoms. The molecule has 0 atom stereocenters. The van der Waals surface area contributed by atoms with Crippen molar-refractivity contribution in [1.29, 1.82) is 0 Å². The molecule has 0 fully saturated rings. The molecule has 0 saturated carbocycles. The number of benzene rings is 3. The summed E-state index contributed by atoms with van der Waals surface area (Å²) in [6, 6.07) is 22.7. The Bertz CT molecular complexity index is 1290. The second-order valence-corrected chi connectivity index (χ2v) is 6.98. The van der Waals surface area contributed by atoms with E-state index in [0.29, 0.717) is 6.54 Å². The highest BCUT2D eigenvalue weighted by Gasteiger charge is 2.07. The van der Waals surface area contributed by atoms with Crippen molar-refractivity contribution in [3.05, 3.63) is 97.3 Å². The van der Waals surface area contributed by atoms with Crippen molar-refractivity contribution in [1.82, 2.24) is 19.1 Å².